The molecule has 106 valence electrons. The van der Waals surface area contributed by atoms with E-state index < -0.39 is 5.97 Å². The van der Waals surface area contributed by atoms with Crippen molar-refractivity contribution in [3.63, 3.8) is 0 Å². The van der Waals surface area contributed by atoms with Gasteiger partial charge in [-0.05, 0) is 23.8 Å². The third kappa shape index (κ3) is 2.88. The number of carboxylic acids is 1. The molecule has 0 aliphatic heterocycles. The lowest BCUT2D eigenvalue weighted by Gasteiger charge is -2.10. The SMILES string of the molecule is O=C(O)CSc1nc2ccsc2c(=O)n1CCC1CC1. The number of aromatic nitrogens is 2. The standard InChI is InChI=1S/C13H14N2O3S2/c16-10(17)7-20-13-14-9-4-6-19-11(9)12(18)15(13)5-3-8-1-2-8/h4,6,8H,1-3,5,7H2,(H,16,17). The first-order valence-corrected chi connectivity index (χ1v) is 8.34. The molecule has 0 amide bonds. The number of carboxylic acid groups (broad SMARTS) is 1. The van der Waals surface area contributed by atoms with E-state index >= 15 is 0 Å². The second-order valence-corrected chi connectivity index (χ2v) is 6.76. The Hall–Kier alpha value is -1.34. The fourth-order valence-electron chi connectivity index (χ4n) is 2.08. The number of rotatable bonds is 6. The molecule has 0 spiro atoms. The van der Waals surface area contributed by atoms with E-state index in [9.17, 15) is 9.59 Å². The average Bonchev–Trinajstić information content (AvgIpc) is 3.11. The van der Waals surface area contributed by atoms with Gasteiger partial charge in [0.2, 0.25) is 0 Å². The smallest absolute Gasteiger partial charge is 0.313 e. The number of hydrogen-bond donors (Lipinski definition) is 1. The summed E-state index contributed by atoms with van der Waals surface area (Å²) in [4.78, 5) is 27.6. The van der Waals surface area contributed by atoms with E-state index in [1.807, 2.05) is 5.38 Å². The molecule has 1 N–H and O–H groups in total. The highest BCUT2D eigenvalue weighted by atomic mass is 32.2. The highest BCUT2D eigenvalue weighted by molar-refractivity contribution is 7.99. The number of hydrogen-bond acceptors (Lipinski definition) is 5. The van der Waals surface area contributed by atoms with E-state index in [-0.39, 0.29) is 11.3 Å². The van der Waals surface area contributed by atoms with Gasteiger partial charge < -0.3 is 5.11 Å². The molecule has 0 radical (unpaired) electrons. The van der Waals surface area contributed by atoms with Gasteiger partial charge in [0.1, 0.15) is 4.70 Å². The van der Waals surface area contributed by atoms with Gasteiger partial charge in [-0.2, -0.15) is 0 Å². The summed E-state index contributed by atoms with van der Waals surface area (Å²) in [6, 6.07) is 1.80. The zero-order valence-corrected chi connectivity index (χ0v) is 12.4. The van der Waals surface area contributed by atoms with Crippen LogP contribution in [0.5, 0.6) is 0 Å². The van der Waals surface area contributed by atoms with E-state index in [0.717, 1.165) is 24.1 Å². The zero-order chi connectivity index (χ0) is 14.1. The van der Waals surface area contributed by atoms with Gasteiger partial charge in [0.05, 0.1) is 11.3 Å². The summed E-state index contributed by atoms with van der Waals surface area (Å²) in [6.45, 7) is 0.631. The molecule has 1 aliphatic carbocycles. The van der Waals surface area contributed by atoms with Gasteiger partial charge in [-0.15, -0.1) is 11.3 Å². The van der Waals surface area contributed by atoms with Crippen LogP contribution in [-0.4, -0.2) is 26.4 Å². The van der Waals surface area contributed by atoms with Crippen molar-refractivity contribution in [2.45, 2.75) is 31.0 Å². The second kappa shape index (κ2) is 5.57. The molecule has 1 fully saturated rings. The summed E-state index contributed by atoms with van der Waals surface area (Å²) in [5, 5.41) is 11.2. The van der Waals surface area contributed by atoms with Crippen molar-refractivity contribution in [3.8, 4) is 0 Å². The first-order chi connectivity index (χ1) is 9.65. The van der Waals surface area contributed by atoms with Crippen LogP contribution in [0.25, 0.3) is 10.2 Å². The van der Waals surface area contributed by atoms with Crippen molar-refractivity contribution in [3.05, 3.63) is 21.8 Å². The molecule has 5 nitrogen and oxygen atoms in total. The zero-order valence-electron chi connectivity index (χ0n) is 10.7. The number of thioether (sulfide) groups is 1. The van der Waals surface area contributed by atoms with Gasteiger partial charge in [-0.25, -0.2) is 4.98 Å². The van der Waals surface area contributed by atoms with Crippen molar-refractivity contribution < 1.29 is 9.90 Å². The number of aliphatic carboxylic acids is 1. The molecule has 2 aromatic rings. The lowest BCUT2D eigenvalue weighted by atomic mass is 10.3. The van der Waals surface area contributed by atoms with Crippen LogP contribution in [0.3, 0.4) is 0 Å². The summed E-state index contributed by atoms with van der Waals surface area (Å²) in [5.74, 6) is -0.257. The van der Waals surface area contributed by atoms with E-state index in [1.54, 1.807) is 10.6 Å². The average molecular weight is 310 g/mol. The first-order valence-electron chi connectivity index (χ1n) is 6.48. The number of fused-ring (bicyclic) bond motifs is 1. The van der Waals surface area contributed by atoms with Crippen LogP contribution >= 0.6 is 23.1 Å². The van der Waals surface area contributed by atoms with Crippen LogP contribution in [0.1, 0.15) is 19.3 Å². The summed E-state index contributed by atoms with van der Waals surface area (Å²) < 4.78 is 2.30. The Bertz CT molecular complexity index is 703. The third-order valence-electron chi connectivity index (χ3n) is 3.31. The van der Waals surface area contributed by atoms with Crippen LogP contribution in [0.4, 0.5) is 0 Å². The topological polar surface area (TPSA) is 72.2 Å². The lowest BCUT2D eigenvalue weighted by Crippen LogP contribution is -2.23. The molecule has 0 saturated heterocycles. The van der Waals surface area contributed by atoms with E-state index in [4.69, 9.17) is 5.11 Å². The Labute approximate surface area is 123 Å². The predicted octanol–water partition coefficient (Wildman–Crippen LogP) is 2.43. The summed E-state index contributed by atoms with van der Waals surface area (Å²) in [6.07, 6.45) is 3.45. The fourth-order valence-corrected chi connectivity index (χ4v) is 3.60. The summed E-state index contributed by atoms with van der Waals surface area (Å²) in [5.41, 5.74) is 0.620. The largest absolute Gasteiger partial charge is 0.481 e. The maximum absolute atomic E-state index is 12.5. The number of nitrogens with zero attached hydrogens (tertiary/aromatic N) is 2. The first kappa shape index (κ1) is 13.6. The highest BCUT2D eigenvalue weighted by Crippen LogP contribution is 2.33. The van der Waals surface area contributed by atoms with Gasteiger partial charge in [-0.1, -0.05) is 24.6 Å². The predicted molar refractivity (Wildman–Crippen MR) is 79.6 cm³/mol. The van der Waals surface area contributed by atoms with Gasteiger partial charge in [0, 0.05) is 6.54 Å². The summed E-state index contributed by atoms with van der Waals surface area (Å²) in [7, 11) is 0. The van der Waals surface area contributed by atoms with Gasteiger partial charge in [-0.3, -0.25) is 14.2 Å². The van der Waals surface area contributed by atoms with E-state index in [1.165, 1.54) is 24.2 Å². The Balaban J connectivity index is 1.96. The molecule has 20 heavy (non-hydrogen) atoms. The Morgan fingerprint density at radius 2 is 2.35 bits per heavy atom. The molecule has 2 aromatic heterocycles. The molecule has 2 heterocycles. The quantitative estimate of drug-likeness (QED) is 0.655. The van der Waals surface area contributed by atoms with Crippen molar-refractivity contribution in [2.75, 3.05) is 5.75 Å². The normalized spacial score (nSPS) is 14.8. The molecule has 1 saturated carbocycles. The van der Waals surface area contributed by atoms with Gasteiger partial charge in [0.15, 0.2) is 5.16 Å². The molecule has 3 rings (SSSR count). The minimum absolute atomic E-state index is 0.0430. The molecular formula is C13H14N2O3S2. The van der Waals surface area contributed by atoms with Crippen LogP contribution in [0.15, 0.2) is 21.4 Å². The molecule has 0 unspecified atom stereocenters. The van der Waals surface area contributed by atoms with Crippen molar-refractivity contribution in [1.29, 1.82) is 0 Å². The number of thiophene rings is 1. The second-order valence-electron chi connectivity index (χ2n) is 4.90. The lowest BCUT2D eigenvalue weighted by molar-refractivity contribution is -0.133. The Morgan fingerprint density at radius 1 is 1.55 bits per heavy atom. The number of carbonyl (C=O) groups is 1. The maximum Gasteiger partial charge on any atom is 0.313 e. The van der Waals surface area contributed by atoms with Crippen LogP contribution in [-0.2, 0) is 11.3 Å². The fraction of sp³-hybridized carbons (Fsp3) is 0.462. The van der Waals surface area contributed by atoms with E-state index in [2.05, 4.69) is 4.98 Å². The molecule has 0 atom stereocenters. The molecular weight excluding hydrogens is 296 g/mol. The van der Waals surface area contributed by atoms with E-state index in [0.29, 0.717) is 21.9 Å². The molecule has 0 aromatic carbocycles. The van der Waals surface area contributed by atoms with Gasteiger partial charge in [0.25, 0.3) is 5.56 Å². The van der Waals surface area contributed by atoms with Crippen molar-refractivity contribution >= 4 is 39.3 Å². The Morgan fingerprint density at radius 3 is 3.05 bits per heavy atom. The maximum atomic E-state index is 12.5. The monoisotopic (exact) mass is 310 g/mol. The molecule has 7 heteroatoms. The molecule has 1 aliphatic rings. The van der Waals surface area contributed by atoms with Crippen LogP contribution in [0.2, 0.25) is 0 Å². The van der Waals surface area contributed by atoms with Crippen molar-refractivity contribution in [1.82, 2.24) is 9.55 Å². The minimum Gasteiger partial charge on any atom is -0.481 e. The molecule has 0 bridgehead atoms. The van der Waals surface area contributed by atoms with Gasteiger partial charge >= 0.3 is 5.97 Å². The summed E-state index contributed by atoms with van der Waals surface area (Å²) >= 11 is 2.51. The minimum atomic E-state index is -0.900. The Kier molecular flexibility index (Phi) is 3.80. The van der Waals surface area contributed by atoms with Crippen LogP contribution in [0, 0.1) is 5.92 Å². The highest BCUT2D eigenvalue weighted by Gasteiger charge is 2.22. The third-order valence-corrected chi connectivity index (χ3v) is 5.17. The van der Waals surface area contributed by atoms with Crippen molar-refractivity contribution in [2.24, 2.45) is 5.92 Å². The van der Waals surface area contributed by atoms with Crippen LogP contribution < -0.4 is 5.56 Å².